The van der Waals surface area contributed by atoms with Crippen LogP contribution >= 0.6 is 11.6 Å². The normalized spacial score (nSPS) is 14.9. The van der Waals surface area contributed by atoms with E-state index in [0.717, 1.165) is 24.4 Å². The second-order valence-electron chi connectivity index (χ2n) is 5.34. The summed E-state index contributed by atoms with van der Waals surface area (Å²) >= 11 is 6.17. The Hall–Kier alpha value is -0.600. The fraction of sp³-hybridized carbons (Fsp3) is 0.643. The van der Waals surface area contributed by atoms with Crippen LogP contribution in [-0.4, -0.2) is 17.6 Å². The zero-order valence-electron chi connectivity index (χ0n) is 11.3. The molecule has 0 fully saturated rings. The second kappa shape index (κ2) is 6.36. The summed E-state index contributed by atoms with van der Waals surface area (Å²) in [6, 6.07) is 2.54. The molecule has 0 saturated heterocycles. The van der Waals surface area contributed by atoms with Crippen molar-refractivity contribution < 1.29 is 0 Å². The predicted molar refractivity (Wildman–Crippen MR) is 74.5 cm³/mol. The van der Waals surface area contributed by atoms with Crippen LogP contribution in [0, 0.1) is 5.41 Å². The van der Waals surface area contributed by atoms with Crippen LogP contribution < -0.4 is 5.32 Å². The summed E-state index contributed by atoms with van der Waals surface area (Å²) in [5, 5.41) is 4.29. The molecule has 2 nitrogen and oxygen atoms in total. The number of hydrogen-bond acceptors (Lipinski definition) is 2. The highest BCUT2D eigenvalue weighted by molar-refractivity contribution is 6.31. The van der Waals surface area contributed by atoms with Gasteiger partial charge in [-0.15, -0.1) is 0 Å². The van der Waals surface area contributed by atoms with Crippen molar-refractivity contribution in [3.63, 3.8) is 0 Å². The largest absolute Gasteiger partial charge is 0.314 e. The van der Waals surface area contributed by atoms with E-state index >= 15 is 0 Å². The maximum atomic E-state index is 6.17. The number of pyridine rings is 1. The summed E-state index contributed by atoms with van der Waals surface area (Å²) in [5.41, 5.74) is 1.44. The van der Waals surface area contributed by atoms with Crippen molar-refractivity contribution in [1.29, 1.82) is 0 Å². The van der Waals surface area contributed by atoms with E-state index in [4.69, 9.17) is 11.6 Å². The molecule has 1 rings (SSSR count). The lowest BCUT2D eigenvalue weighted by molar-refractivity contribution is 0.281. The molecule has 1 aromatic heterocycles. The van der Waals surface area contributed by atoms with E-state index in [0.29, 0.717) is 6.04 Å². The summed E-state index contributed by atoms with van der Waals surface area (Å²) in [5.74, 6) is 0. The van der Waals surface area contributed by atoms with Crippen molar-refractivity contribution in [2.45, 2.75) is 46.6 Å². The average molecular weight is 255 g/mol. The fourth-order valence-electron chi connectivity index (χ4n) is 1.77. The van der Waals surface area contributed by atoms with Gasteiger partial charge in [-0.25, -0.2) is 0 Å². The standard InChI is InChI=1S/C14H23ClN2/c1-5-14(4,10-17-11(2)3)8-12-6-7-16-9-13(12)15/h6-7,9,11,17H,5,8,10H2,1-4H3. The van der Waals surface area contributed by atoms with Crippen molar-refractivity contribution in [3.8, 4) is 0 Å². The van der Waals surface area contributed by atoms with Gasteiger partial charge >= 0.3 is 0 Å². The molecule has 0 aromatic carbocycles. The van der Waals surface area contributed by atoms with Gasteiger partial charge in [0, 0.05) is 25.0 Å². The Morgan fingerprint density at radius 3 is 2.71 bits per heavy atom. The van der Waals surface area contributed by atoms with Crippen LogP contribution in [0.2, 0.25) is 5.02 Å². The summed E-state index contributed by atoms with van der Waals surface area (Å²) in [6.07, 6.45) is 5.66. The number of halogens is 1. The van der Waals surface area contributed by atoms with Crippen LogP contribution in [0.5, 0.6) is 0 Å². The first-order chi connectivity index (χ1) is 7.97. The Morgan fingerprint density at radius 1 is 1.47 bits per heavy atom. The lowest BCUT2D eigenvalue weighted by Gasteiger charge is -2.30. The van der Waals surface area contributed by atoms with E-state index in [-0.39, 0.29) is 5.41 Å². The van der Waals surface area contributed by atoms with E-state index in [1.54, 1.807) is 6.20 Å². The molecule has 0 amide bonds. The molecule has 17 heavy (non-hydrogen) atoms. The Kier molecular flexibility index (Phi) is 5.41. The van der Waals surface area contributed by atoms with Gasteiger partial charge in [0.15, 0.2) is 0 Å². The van der Waals surface area contributed by atoms with Crippen molar-refractivity contribution in [3.05, 3.63) is 29.0 Å². The Balaban J connectivity index is 2.71. The Labute approximate surface area is 110 Å². The molecule has 1 heterocycles. The second-order valence-corrected chi connectivity index (χ2v) is 5.75. The van der Waals surface area contributed by atoms with E-state index in [9.17, 15) is 0 Å². The number of hydrogen-bond donors (Lipinski definition) is 1. The lowest BCUT2D eigenvalue weighted by atomic mass is 9.81. The van der Waals surface area contributed by atoms with E-state index in [1.165, 1.54) is 5.56 Å². The highest BCUT2D eigenvalue weighted by Gasteiger charge is 2.23. The lowest BCUT2D eigenvalue weighted by Crippen LogP contribution is -2.36. The zero-order valence-corrected chi connectivity index (χ0v) is 12.0. The molecular weight excluding hydrogens is 232 g/mol. The third kappa shape index (κ3) is 4.64. The van der Waals surface area contributed by atoms with Crippen LogP contribution in [0.3, 0.4) is 0 Å². The van der Waals surface area contributed by atoms with Crippen molar-refractivity contribution in [1.82, 2.24) is 10.3 Å². The van der Waals surface area contributed by atoms with Crippen LogP contribution in [-0.2, 0) is 6.42 Å². The van der Waals surface area contributed by atoms with Gasteiger partial charge < -0.3 is 5.32 Å². The summed E-state index contributed by atoms with van der Waals surface area (Å²) in [6.45, 7) is 9.90. The molecule has 0 radical (unpaired) electrons. The fourth-order valence-corrected chi connectivity index (χ4v) is 1.96. The first-order valence-electron chi connectivity index (χ1n) is 6.28. The molecule has 0 aliphatic carbocycles. The molecule has 0 aliphatic heterocycles. The maximum Gasteiger partial charge on any atom is 0.0621 e. The van der Waals surface area contributed by atoms with Crippen molar-refractivity contribution in [2.24, 2.45) is 5.41 Å². The van der Waals surface area contributed by atoms with Gasteiger partial charge in [0.2, 0.25) is 0 Å². The van der Waals surface area contributed by atoms with E-state index in [1.807, 2.05) is 12.3 Å². The number of rotatable bonds is 6. The highest BCUT2D eigenvalue weighted by Crippen LogP contribution is 2.28. The molecule has 1 atom stereocenters. The topological polar surface area (TPSA) is 24.9 Å². The van der Waals surface area contributed by atoms with Gasteiger partial charge in [0.05, 0.1) is 5.02 Å². The average Bonchev–Trinajstić information content (AvgIpc) is 2.30. The number of aromatic nitrogens is 1. The molecule has 3 heteroatoms. The Morgan fingerprint density at radius 2 is 2.18 bits per heavy atom. The van der Waals surface area contributed by atoms with Gasteiger partial charge in [-0.2, -0.15) is 0 Å². The number of nitrogens with zero attached hydrogens (tertiary/aromatic N) is 1. The van der Waals surface area contributed by atoms with Gasteiger partial charge in [0.25, 0.3) is 0 Å². The van der Waals surface area contributed by atoms with E-state index < -0.39 is 0 Å². The quantitative estimate of drug-likeness (QED) is 0.838. The first kappa shape index (κ1) is 14.5. The zero-order chi connectivity index (χ0) is 12.9. The van der Waals surface area contributed by atoms with E-state index in [2.05, 4.69) is 38.0 Å². The minimum absolute atomic E-state index is 0.245. The summed E-state index contributed by atoms with van der Waals surface area (Å²) in [7, 11) is 0. The minimum atomic E-state index is 0.245. The molecule has 1 N–H and O–H groups in total. The SMILES string of the molecule is CCC(C)(CNC(C)C)Cc1ccncc1Cl. The smallest absolute Gasteiger partial charge is 0.0621 e. The van der Waals surface area contributed by atoms with Gasteiger partial charge in [-0.3, -0.25) is 4.98 Å². The molecule has 0 aliphatic rings. The van der Waals surface area contributed by atoms with Gasteiger partial charge in [0.1, 0.15) is 0 Å². The third-order valence-corrected chi connectivity index (χ3v) is 3.60. The van der Waals surface area contributed by atoms with Crippen LogP contribution in [0.15, 0.2) is 18.5 Å². The number of nitrogens with one attached hydrogen (secondary N) is 1. The molecule has 96 valence electrons. The van der Waals surface area contributed by atoms with Gasteiger partial charge in [-0.05, 0) is 29.9 Å². The molecule has 1 aromatic rings. The summed E-state index contributed by atoms with van der Waals surface area (Å²) in [4.78, 5) is 4.03. The van der Waals surface area contributed by atoms with Crippen molar-refractivity contribution in [2.75, 3.05) is 6.54 Å². The van der Waals surface area contributed by atoms with Crippen LogP contribution in [0.25, 0.3) is 0 Å². The minimum Gasteiger partial charge on any atom is -0.314 e. The maximum absolute atomic E-state index is 6.17. The summed E-state index contributed by atoms with van der Waals surface area (Å²) < 4.78 is 0. The van der Waals surface area contributed by atoms with Crippen LogP contribution in [0.1, 0.15) is 39.7 Å². The molecule has 0 spiro atoms. The molecule has 1 unspecified atom stereocenters. The predicted octanol–water partition coefficient (Wildman–Crippen LogP) is 3.69. The van der Waals surface area contributed by atoms with Crippen molar-refractivity contribution >= 4 is 11.6 Å². The van der Waals surface area contributed by atoms with Crippen LogP contribution in [0.4, 0.5) is 0 Å². The van der Waals surface area contributed by atoms with Gasteiger partial charge in [-0.1, -0.05) is 39.3 Å². The monoisotopic (exact) mass is 254 g/mol. The molecule has 0 bridgehead atoms. The Bertz CT molecular complexity index is 352. The molecular formula is C14H23ClN2. The highest BCUT2D eigenvalue weighted by atomic mass is 35.5. The first-order valence-corrected chi connectivity index (χ1v) is 6.66. The molecule has 0 saturated carbocycles. The third-order valence-electron chi connectivity index (χ3n) is 3.26.